The van der Waals surface area contributed by atoms with Crippen LogP contribution in [-0.4, -0.2) is 48.2 Å². The molecule has 1 saturated heterocycles. The van der Waals surface area contributed by atoms with Crippen LogP contribution in [0.15, 0.2) is 27.6 Å². The molecule has 1 aliphatic rings. The molecule has 0 unspecified atom stereocenters. The number of hydrogen-bond acceptors (Lipinski definition) is 4. The molecule has 0 spiro atoms. The molecule has 1 fully saturated rings. The SMILES string of the molecule is O=S(=O)(c1ccc(Cl)c(Br)c1)N1C[C@@H](O)[C@@H](O)C1. The Morgan fingerprint density at radius 3 is 2.33 bits per heavy atom. The molecule has 0 aromatic heterocycles. The molecule has 1 aromatic carbocycles. The van der Waals surface area contributed by atoms with Crippen LogP contribution in [0.2, 0.25) is 5.02 Å². The van der Waals surface area contributed by atoms with Crippen molar-refractivity contribution in [1.82, 2.24) is 4.31 Å². The third-order valence-electron chi connectivity index (χ3n) is 2.75. The van der Waals surface area contributed by atoms with Gasteiger partial charge in [-0.05, 0) is 34.1 Å². The van der Waals surface area contributed by atoms with Gasteiger partial charge in [0.2, 0.25) is 10.0 Å². The summed E-state index contributed by atoms with van der Waals surface area (Å²) in [6, 6.07) is 4.26. The van der Waals surface area contributed by atoms with Crippen LogP contribution in [-0.2, 0) is 10.0 Å². The smallest absolute Gasteiger partial charge is 0.243 e. The van der Waals surface area contributed by atoms with E-state index < -0.39 is 22.2 Å². The number of aliphatic hydroxyl groups excluding tert-OH is 2. The topological polar surface area (TPSA) is 77.8 Å². The Morgan fingerprint density at radius 2 is 1.83 bits per heavy atom. The number of β-amino-alcohol motifs (C(OH)–C–C–N with tert-alkyl or cyclic N) is 2. The lowest BCUT2D eigenvalue weighted by molar-refractivity contribution is 0.0572. The van der Waals surface area contributed by atoms with Crippen molar-refractivity contribution in [2.24, 2.45) is 0 Å². The molecule has 1 aromatic rings. The second-order valence-corrected chi connectivity index (χ2v) is 7.23. The van der Waals surface area contributed by atoms with Gasteiger partial charge in [0, 0.05) is 17.6 Å². The Bertz CT molecular complexity index is 555. The van der Waals surface area contributed by atoms with Crippen LogP contribution < -0.4 is 0 Å². The lowest BCUT2D eigenvalue weighted by Gasteiger charge is -2.15. The molecule has 0 aliphatic carbocycles. The molecule has 8 heteroatoms. The van der Waals surface area contributed by atoms with Crippen molar-refractivity contribution in [2.75, 3.05) is 13.1 Å². The first kappa shape index (κ1) is 14.2. The van der Waals surface area contributed by atoms with Gasteiger partial charge < -0.3 is 10.2 Å². The Kier molecular flexibility index (Phi) is 4.01. The number of halogens is 2. The van der Waals surface area contributed by atoms with Gasteiger partial charge in [0.1, 0.15) is 0 Å². The summed E-state index contributed by atoms with van der Waals surface area (Å²) in [6.45, 7) is -0.215. The summed E-state index contributed by atoms with van der Waals surface area (Å²) in [7, 11) is -3.72. The van der Waals surface area contributed by atoms with Crippen molar-refractivity contribution in [3.8, 4) is 0 Å². The number of aliphatic hydroxyl groups is 2. The number of sulfonamides is 1. The molecule has 1 heterocycles. The van der Waals surface area contributed by atoms with Crippen LogP contribution in [0.3, 0.4) is 0 Å². The maximum absolute atomic E-state index is 12.2. The van der Waals surface area contributed by atoms with Crippen LogP contribution >= 0.6 is 27.5 Å². The molecule has 18 heavy (non-hydrogen) atoms. The van der Waals surface area contributed by atoms with E-state index in [1.165, 1.54) is 18.2 Å². The van der Waals surface area contributed by atoms with E-state index in [-0.39, 0.29) is 18.0 Å². The summed E-state index contributed by atoms with van der Waals surface area (Å²) in [6.07, 6.45) is -2.09. The molecule has 100 valence electrons. The molecule has 0 amide bonds. The van der Waals surface area contributed by atoms with E-state index in [0.29, 0.717) is 9.50 Å². The molecule has 5 nitrogen and oxygen atoms in total. The second kappa shape index (κ2) is 5.07. The van der Waals surface area contributed by atoms with E-state index in [4.69, 9.17) is 11.6 Å². The molecule has 2 rings (SSSR count). The zero-order valence-corrected chi connectivity index (χ0v) is 12.3. The zero-order chi connectivity index (χ0) is 13.5. The largest absolute Gasteiger partial charge is 0.389 e. The van der Waals surface area contributed by atoms with Crippen molar-refractivity contribution in [3.05, 3.63) is 27.7 Å². The molecule has 0 radical (unpaired) electrons. The van der Waals surface area contributed by atoms with E-state index in [9.17, 15) is 18.6 Å². The lowest BCUT2D eigenvalue weighted by Crippen LogP contribution is -2.30. The summed E-state index contributed by atoms with van der Waals surface area (Å²) in [5.74, 6) is 0. The van der Waals surface area contributed by atoms with Crippen molar-refractivity contribution in [1.29, 1.82) is 0 Å². The van der Waals surface area contributed by atoms with E-state index in [1.807, 2.05) is 0 Å². The first-order chi connectivity index (χ1) is 8.32. The van der Waals surface area contributed by atoms with E-state index in [1.54, 1.807) is 0 Å². The van der Waals surface area contributed by atoms with Crippen molar-refractivity contribution >= 4 is 37.6 Å². The minimum absolute atomic E-state index is 0.0695. The predicted molar refractivity (Wildman–Crippen MR) is 69.9 cm³/mol. The van der Waals surface area contributed by atoms with Crippen molar-refractivity contribution in [3.63, 3.8) is 0 Å². The first-order valence-corrected chi connectivity index (χ1v) is 7.75. The van der Waals surface area contributed by atoms with Crippen LogP contribution in [0, 0.1) is 0 Å². The summed E-state index contributed by atoms with van der Waals surface area (Å²) in [5, 5.41) is 19.2. The van der Waals surface area contributed by atoms with Gasteiger partial charge >= 0.3 is 0 Å². The summed E-state index contributed by atoms with van der Waals surface area (Å²) in [4.78, 5) is 0.0695. The van der Waals surface area contributed by atoms with Gasteiger partial charge in [-0.2, -0.15) is 4.31 Å². The Balaban J connectivity index is 2.34. The highest BCUT2D eigenvalue weighted by molar-refractivity contribution is 9.10. The van der Waals surface area contributed by atoms with Gasteiger partial charge in [-0.25, -0.2) is 8.42 Å². The van der Waals surface area contributed by atoms with Gasteiger partial charge in [0.05, 0.1) is 22.1 Å². The Hall–Kier alpha value is -0.180. The third-order valence-corrected chi connectivity index (χ3v) is 5.80. The van der Waals surface area contributed by atoms with Crippen LogP contribution in [0.25, 0.3) is 0 Å². The highest BCUT2D eigenvalue weighted by Gasteiger charge is 2.37. The predicted octanol–water partition coefficient (Wildman–Crippen LogP) is 0.829. The normalized spacial score (nSPS) is 25.6. The van der Waals surface area contributed by atoms with Gasteiger partial charge in [0.15, 0.2) is 0 Å². The van der Waals surface area contributed by atoms with E-state index in [2.05, 4.69) is 15.9 Å². The molecule has 0 bridgehead atoms. The fourth-order valence-electron chi connectivity index (χ4n) is 1.72. The molecular weight excluding hydrogens is 346 g/mol. The first-order valence-electron chi connectivity index (χ1n) is 5.13. The van der Waals surface area contributed by atoms with Gasteiger partial charge in [-0.3, -0.25) is 0 Å². The van der Waals surface area contributed by atoms with Crippen LogP contribution in [0.1, 0.15) is 0 Å². The third kappa shape index (κ3) is 2.56. The molecule has 0 saturated carbocycles. The highest BCUT2D eigenvalue weighted by atomic mass is 79.9. The highest BCUT2D eigenvalue weighted by Crippen LogP contribution is 2.28. The van der Waals surface area contributed by atoms with Crippen molar-refractivity contribution < 1.29 is 18.6 Å². The standard InChI is InChI=1S/C10H11BrClNO4S/c11-7-3-6(1-2-8(7)12)18(16,17)13-4-9(14)10(15)5-13/h1-3,9-10,14-15H,4-5H2/t9-,10+. The summed E-state index contributed by atoms with van der Waals surface area (Å²) >= 11 is 8.96. The molecule has 2 atom stereocenters. The summed E-state index contributed by atoms with van der Waals surface area (Å²) in [5.41, 5.74) is 0. The number of benzene rings is 1. The van der Waals surface area contributed by atoms with Crippen LogP contribution in [0.5, 0.6) is 0 Å². The monoisotopic (exact) mass is 355 g/mol. The quantitative estimate of drug-likeness (QED) is 0.823. The fourth-order valence-corrected chi connectivity index (χ4v) is 3.87. The zero-order valence-electron chi connectivity index (χ0n) is 9.12. The van der Waals surface area contributed by atoms with E-state index in [0.717, 1.165) is 4.31 Å². The number of rotatable bonds is 2. The summed E-state index contributed by atoms with van der Waals surface area (Å²) < 4.78 is 26.0. The maximum Gasteiger partial charge on any atom is 0.243 e. The molecule has 2 N–H and O–H groups in total. The Morgan fingerprint density at radius 1 is 1.28 bits per heavy atom. The number of nitrogens with zero attached hydrogens (tertiary/aromatic N) is 1. The average molecular weight is 357 g/mol. The minimum atomic E-state index is -3.72. The Labute approximate surface area is 118 Å². The maximum atomic E-state index is 12.2. The fraction of sp³-hybridized carbons (Fsp3) is 0.400. The lowest BCUT2D eigenvalue weighted by atomic mass is 10.3. The van der Waals surface area contributed by atoms with E-state index >= 15 is 0 Å². The average Bonchev–Trinajstić information content (AvgIpc) is 2.64. The molecular formula is C10H11BrClNO4S. The molecule has 1 aliphatic heterocycles. The van der Waals surface area contributed by atoms with Gasteiger partial charge in [0.25, 0.3) is 0 Å². The van der Waals surface area contributed by atoms with Gasteiger partial charge in [-0.1, -0.05) is 11.6 Å². The van der Waals surface area contributed by atoms with Crippen LogP contribution in [0.4, 0.5) is 0 Å². The van der Waals surface area contributed by atoms with Crippen molar-refractivity contribution in [2.45, 2.75) is 17.1 Å². The second-order valence-electron chi connectivity index (χ2n) is 4.03. The van der Waals surface area contributed by atoms with Gasteiger partial charge in [-0.15, -0.1) is 0 Å². The minimum Gasteiger partial charge on any atom is -0.389 e. The number of hydrogen-bond donors (Lipinski definition) is 2.